The molecule has 0 aliphatic rings. The third-order valence-corrected chi connectivity index (χ3v) is 4.63. The number of rotatable bonds is 10. The summed E-state index contributed by atoms with van der Waals surface area (Å²) in [6.45, 7) is 10.7. The lowest BCUT2D eigenvalue weighted by Gasteiger charge is -2.13. The van der Waals surface area contributed by atoms with Crippen LogP contribution in [0.15, 0.2) is 41.5 Å². The molecule has 0 heterocycles. The van der Waals surface area contributed by atoms with Crippen molar-refractivity contribution in [1.29, 1.82) is 0 Å². The van der Waals surface area contributed by atoms with Crippen LogP contribution in [0.5, 0.6) is 11.5 Å². The maximum Gasteiger partial charge on any atom is 0.280 e. The molecule has 1 N–H and O–H groups in total. The summed E-state index contributed by atoms with van der Waals surface area (Å²) in [5.74, 6) is 1.12. The molecule has 0 unspecified atom stereocenters. The lowest BCUT2D eigenvalue weighted by Crippen LogP contribution is -2.33. The van der Waals surface area contributed by atoms with E-state index in [2.05, 4.69) is 36.5 Å². The van der Waals surface area contributed by atoms with Gasteiger partial charge in [0, 0.05) is 5.56 Å². The molecule has 1 atom stereocenters. The number of nitrogens with zero attached hydrogens (tertiary/aromatic N) is 1. The Morgan fingerprint density at radius 3 is 2.31 bits per heavy atom. The maximum absolute atomic E-state index is 12.3. The zero-order valence-electron chi connectivity index (χ0n) is 18.1. The number of benzene rings is 2. The quantitative estimate of drug-likeness (QED) is 0.345. The minimum absolute atomic E-state index is 0.302. The summed E-state index contributed by atoms with van der Waals surface area (Å²) in [5, 5.41) is 4.09. The minimum atomic E-state index is -0.663. The maximum atomic E-state index is 12.3. The molecule has 5 nitrogen and oxygen atoms in total. The number of carbonyl (C=O) groups is 1. The van der Waals surface area contributed by atoms with Gasteiger partial charge in [0.15, 0.2) is 6.10 Å². The molecule has 0 bridgehead atoms. The number of carbonyl (C=O) groups excluding carboxylic acids is 1. The molecule has 0 aliphatic carbocycles. The second kappa shape index (κ2) is 11.2. The van der Waals surface area contributed by atoms with Crippen LogP contribution in [0.1, 0.15) is 55.4 Å². The molecular weight excluding hydrogens is 364 g/mol. The second-order valence-corrected chi connectivity index (χ2v) is 7.33. The van der Waals surface area contributed by atoms with Crippen LogP contribution in [0.3, 0.4) is 0 Å². The number of hydrazone groups is 1. The van der Waals surface area contributed by atoms with Crippen LogP contribution in [-0.2, 0) is 4.79 Å². The SMILES string of the molecule is CCCCCOc1ccc(O[C@@H](C)C(=O)N/N=C\c2c(C)cc(C)cc2C)cc1. The first-order valence-corrected chi connectivity index (χ1v) is 10.2. The van der Waals surface area contributed by atoms with Crippen LogP contribution in [-0.4, -0.2) is 24.8 Å². The molecule has 0 spiro atoms. The van der Waals surface area contributed by atoms with Crippen molar-refractivity contribution in [1.82, 2.24) is 5.43 Å². The zero-order chi connectivity index (χ0) is 21.2. The first-order chi connectivity index (χ1) is 13.9. The smallest absolute Gasteiger partial charge is 0.280 e. The summed E-state index contributed by atoms with van der Waals surface area (Å²) in [7, 11) is 0. The monoisotopic (exact) mass is 396 g/mol. The van der Waals surface area contributed by atoms with Gasteiger partial charge < -0.3 is 9.47 Å². The Bertz CT molecular complexity index is 806. The average Bonchev–Trinajstić information content (AvgIpc) is 2.68. The van der Waals surface area contributed by atoms with Crippen LogP contribution in [0.25, 0.3) is 0 Å². The standard InChI is InChI=1S/C24H32N2O3/c1-6-7-8-13-28-21-9-11-22(12-10-21)29-20(5)24(27)26-25-16-23-18(3)14-17(2)15-19(23)4/h9-12,14-16,20H,6-8,13H2,1-5H3,(H,26,27)/b25-16-/t20-/m0/s1. The molecular formula is C24H32N2O3. The van der Waals surface area contributed by atoms with Crippen LogP contribution in [0.4, 0.5) is 0 Å². The van der Waals surface area contributed by atoms with Gasteiger partial charge in [-0.05, 0) is 69.5 Å². The molecule has 0 aromatic heterocycles. The first-order valence-electron chi connectivity index (χ1n) is 10.2. The number of amides is 1. The average molecular weight is 397 g/mol. The fourth-order valence-electron chi connectivity index (χ4n) is 3.06. The Morgan fingerprint density at radius 1 is 1.07 bits per heavy atom. The highest BCUT2D eigenvalue weighted by molar-refractivity contribution is 5.86. The van der Waals surface area contributed by atoms with E-state index in [1.54, 1.807) is 25.3 Å². The largest absolute Gasteiger partial charge is 0.494 e. The Labute approximate surface area is 174 Å². The number of aryl methyl sites for hydroxylation is 3. The molecule has 156 valence electrons. The highest BCUT2D eigenvalue weighted by Gasteiger charge is 2.14. The molecule has 2 aromatic rings. The molecule has 0 radical (unpaired) electrons. The van der Waals surface area contributed by atoms with Crippen LogP contribution >= 0.6 is 0 Å². The van der Waals surface area contributed by atoms with E-state index in [1.165, 1.54) is 18.4 Å². The van der Waals surface area contributed by atoms with Crippen molar-refractivity contribution >= 4 is 12.1 Å². The van der Waals surface area contributed by atoms with Gasteiger partial charge >= 0.3 is 0 Å². The van der Waals surface area contributed by atoms with Crippen LogP contribution in [0.2, 0.25) is 0 Å². The van der Waals surface area contributed by atoms with E-state index in [0.717, 1.165) is 28.9 Å². The van der Waals surface area contributed by atoms with Gasteiger partial charge in [-0.25, -0.2) is 5.43 Å². The van der Waals surface area contributed by atoms with Crippen molar-refractivity contribution in [2.45, 2.75) is 60.0 Å². The molecule has 2 aromatic carbocycles. The summed E-state index contributed by atoms with van der Waals surface area (Å²) in [5.41, 5.74) is 7.03. The van der Waals surface area contributed by atoms with Crippen molar-refractivity contribution in [3.05, 3.63) is 58.7 Å². The van der Waals surface area contributed by atoms with Crippen molar-refractivity contribution in [2.24, 2.45) is 5.10 Å². The number of hydrogen-bond acceptors (Lipinski definition) is 4. The lowest BCUT2D eigenvalue weighted by atomic mass is 10.0. The first kappa shape index (κ1) is 22.5. The predicted molar refractivity (Wildman–Crippen MR) is 118 cm³/mol. The molecule has 1 amide bonds. The van der Waals surface area contributed by atoms with E-state index in [9.17, 15) is 4.79 Å². The van der Waals surface area contributed by atoms with Crippen LogP contribution < -0.4 is 14.9 Å². The van der Waals surface area contributed by atoms with Gasteiger partial charge in [0.05, 0.1) is 12.8 Å². The van der Waals surface area contributed by atoms with E-state index in [0.29, 0.717) is 12.4 Å². The number of ether oxygens (including phenoxy) is 2. The van der Waals surface area contributed by atoms with Crippen molar-refractivity contribution in [2.75, 3.05) is 6.61 Å². The molecule has 2 rings (SSSR count). The molecule has 0 fully saturated rings. The summed E-state index contributed by atoms with van der Waals surface area (Å²) in [6.07, 6.45) is 4.40. The molecule has 5 heteroatoms. The predicted octanol–water partition coefficient (Wildman–Crippen LogP) is 5.10. The van der Waals surface area contributed by atoms with Crippen LogP contribution in [0, 0.1) is 20.8 Å². The number of hydrogen-bond donors (Lipinski definition) is 1. The Balaban J connectivity index is 1.84. The van der Waals surface area contributed by atoms with Crippen molar-refractivity contribution < 1.29 is 14.3 Å². The van der Waals surface area contributed by atoms with Gasteiger partial charge in [-0.3, -0.25) is 4.79 Å². The van der Waals surface area contributed by atoms with Crippen molar-refractivity contribution in [3.63, 3.8) is 0 Å². The number of nitrogens with one attached hydrogen (secondary N) is 1. The fourth-order valence-corrected chi connectivity index (χ4v) is 3.06. The van der Waals surface area contributed by atoms with E-state index in [4.69, 9.17) is 9.47 Å². The van der Waals surface area contributed by atoms with E-state index in [1.807, 2.05) is 26.0 Å². The minimum Gasteiger partial charge on any atom is -0.494 e. The molecule has 0 saturated heterocycles. The van der Waals surface area contributed by atoms with Crippen molar-refractivity contribution in [3.8, 4) is 11.5 Å². The molecule has 0 saturated carbocycles. The van der Waals surface area contributed by atoms with Gasteiger partial charge in [0.25, 0.3) is 5.91 Å². The van der Waals surface area contributed by atoms with E-state index in [-0.39, 0.29) is 5.91 Å². The number of unbranched alkanes of at least 4 members (excludes halogenated alkanes) is 2. The summed E-state index contributed by atoms with van der Waals surface area (Å²) in [4.78, 5) is 12.3. The second-order valence-electron chi connectivity index (χ2n) is 7.33. The molecule has 0 aliphatic heterocycles. The third kappa shape index (κ3) is 7.26. The normalized spacial score (nSPS) is 12.0. The fraction of sp³-hybridized carbons (Fsp3) is 0.417. The van der Waals surface area contributed by atoms with Gasteiger partial charge in [0.2, 0.25) is 0 Å². The lowest BCUT2D eigenvalue weighted by molar-refractivity contribution is -0.127. The van der Waals surface area contributed by atoms with Gasteiger partial charge in [0.1, 0.15) is 11.5 Å². The van der Waals surface area contributed by atoms with Gasteiger partial charge in [-0.2, -0.15) is 5.10 Å². The zero-order valence-corrected chi connectivity index (χ0v) is 18.1. The highest BCUT2D eigenvalue weighted by atomic mass is 16.5. The Morgan fingerprint density at radius 2 is 1.69 bits per heavy atom. The van der Waals surface area contributed by atoms with E-state index < -0.39 is 6.10 Å². The van der Waals surface area contributed by atoms with E-state index >= 15 is 0 Å². The Hall–Kier alpha value is -2.82. The molecule has 29 heavy (non-hydrogen) atoms. The Kier molecular flexibility index (Phi) is 8.71. The highest BCUT2D eigenvalue weighted by Crippen LogP contribution is 2.19. The van der Waals surface area contributed by atoms with Gasteiger partial charge in [-0.1, -0.05) is 37.5 Å². The van der Waals surface area contributed by atoms with Gasteiger partial charge in [-0.15, -0.1) is 0 Å². The topological polar surface area (TPSA) is 59.9 Å². The summed E-state index contributed by atoms with van der Waals surface area (Å²) >= 11 is 0. The summed E-state index contributed by atoms with van der Waals surface area (Å²) in [6, 6.07) is 11.5. The summed E-state index contributed by atoms with van der Waals surface area (Å²) < 4.78 is 11.4. The third-order valence-electron chi connectivity index (χ3n) is 4.63.